The average molecular weight is 395 g/mol. The first-order valence-corrected chi connectivity index (χ1v) is 10.8. The second-order valence-corrected chi connectivity index (χ2v) is 7.60. The van der Waals surface area contributed by atoms with Crippen LogP contribution in [-0.4, -0.2) is 61.3 Å². The topological polar surface area (TPSA) is 67.9 Å². The lowest BCUT2D eigenvalue weighted by molar-refractivity contribution is -0.210. The minimum Gasteiger partial charge on any atom is -0.467 e. The van der Waals surface area contributed by atoms with Crippen molar-refractivity contribution in [2.45, 2.75) is 44.2 Å². The molecule has 0 spiro atoms. The number of esters is 1. The van der Waals surface area contributed by atoms with Crippen molar-refractivity contribution in [3.63, 3.8) is 0 Å². The van der Waals surface area contributed by atoms with Gasteiger partial charge in [0.05, 0.1) is 13.7 Å². The lowest BCUT2D eigenvalue weighted by Gasteiger charge is -2.30. The van der Waals surface area contributed by atoms with Crippen LogP contribution in [0.2, 0.25) is 0 Å². The second kappa shape index (κ2) is 12.0. The van der Waals surface area contributed by atoms with Crippen molar-refractivity contribution >= 4 is 23.6 Å². The molecule has 1 fully saturated rings. The molecule has 1 saturated heterocycles. The molecule has 0 bridgehead atoms. The maximum absolute atomic E-state index is 12.9. The van der Waals surface area contributed by atoms with Crippen LogP contribution in [0.25, 0.3) is 0 Å². The molecular weight excluding hydrogens is 364 g/mol. The number of benzene rings is 1. The van der Waals surface area contributed by atoms with Gasteiger partial charge in [0.1, 0.15) is 0 Å². The molecule has 0 radical (unpaired) electrons. The van der Waals surface area contributed by atoms with Crippen LogP contribution in [0.1, 0.15) is 31.2 Å². The summed E-state index contributed by atoms with van der Waals surface area (Å²) in [5.74, 6) is 0.123. The number of carbonyl (C=O) groups is 2. The smallest absolute Gasteiger partial charge is 0.331 e. The standard InChI is InChI=1S/C20H30N2O4S/c1-25-20(24)18(12-14-27-2)22(26-15-17-9-6-13-21-17)19(23)11-10-16-7-4-3-5-8-16/h3-5,7-8,17-18,21H,6,9-15H2,1-2H3/t17?,18-/m0/s1. The van der Waals surface area contributed by atoms with Crippen molar-refractivity contribution < 1.29 is 19.2 Å². The van der Waals surface area contributed by atoms with Crippen LogP contribution in [0.4, 0.5) is 0 Å². The first kappa shape index (κ1) is 21.7. The number of nitrogens with zero attached hydrogens (tertiary/aromatic N) is 1. The summed E-state index contributed by atoms with van der Waals surface area (Å²) < 4.78 is 4.94. The lowest BCUT2D eigenvalue weighted by atomic mass is 10.1. The molecule has 27 heavy (non-hydrogen) atoms. The molecule has 1 N–H and O–H groups in total. The predicted molar refractivity (Wildman–Crippen MR) is 107 cm³/mol. The molecule has 1 aromatic rings. The maximum Gasteiger partial charge on any atom is 0.331 e. The Morgan fingerprint density at radius 2 is 2.11 bits per heavy atom. The summed E-state index contributed by atoms with van der Waals surface area (Å²) in [4.78, 5) is 31.1. The molecule has 1 amide bonds. The highest BCUT2D eigenvalue weighted by Crippen LogP contribution is 2.16. The number of aryl methyl sites for hydroxylation is 1. The minimum absolute atomic E-state index is 0.187. The molecule has 1 heterocycles. The van der Waals surface area contributed by atoms with E-state index in [1.807, 2.05) is 36.6 Å². The van der Waals surface area contributed by atoms with Gasteiger partial charge >= 0.3 is 5.97 Å². The van der Waals surface area contributed by atoms with Gasteiger partial charge in [-0.05, 0) is 49.8 Å². The zero-order chi connectivity index (χ0) is 19.5. The van der Waals surface area contributed by atoms with Crippen LogP contribution in [0.15, 0.2) is 30.3 Å². The second-order valence-electron chi connectivity index (χ2n) is 6.61. The fourth-order valence-corrected chi connectivity index (χ4v) is 3.57. The van der Waals surface area contributed by atoms with E-state index in [2.05, 4.69) is 5.32 Å². The molecule has 7 heteroatoms. The van der Waals surface area contributed by atoms with E-state index < -0.39 is 12.0 Å². The van der Waals surface area contributed by atoms with Gasteiger partial charge in [-0.1, -0.05) is 30.3 Å². The zero-order valence-electron chi connectivity index (χ0n) is 16.2. The first-order chi connectivity index (χ1) is 13.2. The number of hydroxylamine groups is 2. The van der Waals surface area contributed by atoms with Gasteiger partial charge in [-0.2, -0.15) is 11.8 Å². The number of thioether (sulfide) groups is 1. The highest BCUT2D eigenvalue weighted by Gasteiger charge is 2.32. The summed E-state index contributed by atoms with van der Waals surface area (Å²) in [5.41, 5.74) is 1.09. The van der Waals surface area contributed by atoms with Crippen molar-refractivity contribution in [3.05, 3.63) is 35.9 Å². The quantitative estimate of drug-likeness (QED) is 0.459. The maximum atomic E-state index is 12.9. The number of methoxy groups -OCH3 is 1. The van der Waals surface area contributed by atoms with E-state index in [1.54, 1.807) is 11.8 Å². The third-order valence-corrected chi connectivity index (χ3v) is 5.29. The van der Waals surface area contributed by atoms with Crippen LogP contribution in [0, 0.1) is 0 Å². The summed E-state index contributed by atoms with van der Waals surface area (Å²) in [6.45, 7) is 1.34. The van der Waals surface area contributed by atoms with Crippen LogP contribution >= 0.6 is 11.8 Å². The number of amides is 1. The molecule has 6 nitrogen and oxygen atoms in total. The van der Waals surface area contributed by atoms with Gasteiger partial charge in [0.15, 0.2) is 6.04 Å². The Hall–Kier alpha value is -1.57. The monoisotopic (exact) mass is 394 g/mol. The van der Waals surface area contributed by atoms with E-state index in [1.165, 1.54) is 12.2 Å². The normalized spacial score (nSPS) is 17.5. The molecular formula is C20H30N2O4S. The Bertz CT molecular complexity index is 579. The van der Waals surface area contributed by atoms with E-state index in [-0.39, 0.29) is 18.4 Å². The Morgan fingerprint density at radius 3 is 2.74 bits per heavy atom. The number of ether oxygens (including phenoxy) is 1. The number of hydrogen-bond acceptors (Lipinski definition) is 6. The van der Waals surface area contributed by atoms with Crippen molar-refractivity contribution in [1.82, 2.24) is 10.4 Å². The van der Waals surface area contributed by atoms with Crippen LogP contribution in [0.5, 0.6) is 0 Å². The molecule has 150 valence electrons. The SMILES string of the molecule is COC(=O)[C@H](CCSC)N(OCC1CCCN1)C(=O)CCc1ccccc1. The molecule has 2 atom stereocenters. The van der Waals surface area contributed by atoms with Gasteiger partial charge in [0, 0.05) is 12.5 Å². The van der Waals surface area contributed by atoms with Gasteiger partial charge in [0.2, 0.25) is 5.91 Å². The predicted octanol–water partition coefficient (Wildman–Crippen LogP) is 2.43. The minimum atomic E-state index is -0.716. The first-order valence-electron chi connectivity index (χ1n) is 9.44. The summed E-state index contributed by atoms with van der Waals surface area (Å²) in [6.07, 6.45) is 5.48. The number of nitrogens with one attached hydrogen (secondary N) is 1. The third kappa shape index (κ3) is 7.16. The zero-order valence-corrected chi connectivity index (χ0v) is 17.0. The van der Waals surface area contributed by atoms with Crippen LogP contribution in [0.3, 0.4) is 0 Å². The van der Waals surface area contributed by atoms with E-state index >= 15 is 0 Å². The van der Waals surface area contributed by atoms with Gasteiger partial charge in [0.25, 0.3) is 0 Å². The molecule has 1 unspecified atom stereocenters. The third-order valence-electron chi connectivity index (χ3n) is 4.65. The molecule has 0 aliphatic carbocycles. The fraction of sp³-hybridized carbons (Fsp3) is 0.600. The largest absolute Gasteiger partial charge is 0.467 e. The molecule has 2 rings (SSSR count). The van der Waals surface area contributed by atoms with E-state index in [0.717, 1.165) is 30.7 Å². The summed E-state index contributed by atoms with van der Waals surface area (Å²) in [5, 5.41) is 4.62. The van der Waals surface area contributed by atoms with Crippen molar-refractivity contribution in [1.29, 1.82) is 0 Å². The van der Waals surface area contributed by atoms with E-state index in [4.69, 9.17) is 9.57 Å². The molecule has 1 aromatic carbocycles. The number of rotatable bonds is 11. The molecule has 1 aliphatic heterocycles. The lowest BCUT2D eigenvalue weighted by Crippen LogP contribution is -2.47. The highest BCUT2D eigenvalue weighted by molar-refractivity contribution is 7.98. The summed E-state index contributed by atoms with van der Waals surface area (Å²) in [7, 11) is 1.35. The van der Waals surface area contributed by atoms with E-state index in [9.17, 15) is 9.59 Å². The molecule has 0 saturated carbocycles. The van der Waals surface area contributed by atoms with Gasteiger partial charge < -0.3 is 10.1 Å². The van der Waals surface area contributed by atoms with Crippen LogP contribution < -0.4 is 5.32 Å². The molecule has 1 aliphatic rings. The summed E-state index contributed by atoms with van der Waals surface area (Å²) >= 11 is 1.63. The Kier molecular flexibility index (Phi) is 9.66. The Morgan fingerprint density at radius 1 is 1.33 bits per heavy atom. The fourth-order valence-electron chi connectivity index (χ4n) is 3.11. The van der Waals surface area contributed by atoms with E-state index in [0.29, 0.717) is 19.4 Å². The van der Waals surface area contributed by atoms with Gasteiger partial charge in [-0.3, -0.25) is 9.63 Å². The Balaban J connectivity index is 2.04. The highest BCUT2D eigenvalue weighted by atomic mass is 32.2. The van der Waals surface area contributed by atoms with Crippen LogP contribution in [-0.2, 0) is 25.6 Å². The summed E-state index contributed by atoms with van der Waals surface area (Å²) in [6, 6.07) is 9.34. The average Bonchev–Trinajstić information content (AvgIpc) is 3.22. The Labute approximate surface area is 165 Å². The van der Waals surface area contributed by atoms with Gasteiger partial charge in [-0.15, -0.1) is 0 Å². The van der Waals surface area contributed by atoms with Crippen molar-refractivity contribution in [3.8, 4) is 0 Å². The molecule has 0 aromatic heterocycles. The van der Waals surface area contributed by atoms with Crippen molar-refractivity contribution in [2.75, 3.05) is 32.3 Å². The van der Waals surface area contributed by atoms with Crippen molar-refractivity contribution in [2.24, 2.45) is 0 Å². The van der Waals surface area contributed by atoms with Gasteiger partial charge in [-0.25, -0.2) is 9.86 Å². The number of carbonyl (C=O) groups excluding carboxylic acids is 2. The number of hydrogen-bond donors (Lipinski definition) is 1.